The van der Waals surface area contributed by atoms with Crippen LogP contribution in [0.3, 0.4) is 0 Å². The third-order valence-corrected chi connectivity index (χ3v) is 5.13. The van der Waals surface area contributed by atoms with Crippen LogP contribution in [0, 0.1) is 0 Å². The maximum Gasteiger partial charge on any atom is 0.127 e. The summed E-state index contributed by atoms with van der Waals surface area (Å²) in [7, 11) is 1.61. The van der Waals surface area contributed by atoms with Crippen LogP contribution in [0.25, 0.3) is 32.7 Å². The van der Waals surface area contributed by atoms with E-state index in [2.05, 4.69) is 6.07 Å². The molecule has 4 aromatic rings. The molecule has 0 amide bonds. The molecule has 2 N–H and O–H groups in total. The minimum Gasteiger partial charge on any atom is -0.508 e. The molecular formula is C24H22O3. The topological polar surface area (TPSA) is 49.7 Å². The lowest BCUT2D eigenvalue weighted by Gasteiger charge is -2.16. The molecule has 0 bridgehead atoms. The van der Waals surface area contributed by atoms with E-state index in [0.717, 1.165) is 50.2 Å². The second kappa shape index (κ2) is 6.93. The van der Waals surface area contributed by atoms with E-state index in [1.165, 1.54) is 0 Å². The van der Waals surface area contributed by atoms with Gasteiger partial charge in [0.05, 0.1) is 6.61 Å². The first-order valence-corrected chi connectivity index (χ1v) is 9.11. The molecule has 0 spiro atoms. The number of methoxy groups -OCH3 is 1. The van der Waals surface area contributed by atoms with E-state index in [1.807, 2.05) is 55.5 Å². The van der Waals surface area contributed by atoms with E-state index in [1.54, 1.807) is 13.2 Å². The van der Waals surface area contributed by atoms with Crippen LogP contribution in [-0.4, -0.2) is 17.3 Å². The smallest absolute Gasteiger partial charge is 0.127 e. The Morgan fingerprint density at radius 3 is 2.30 bits per heavy atom. The van der Waals surface area contributed by atoms with Crippen molar-refractivity contribution < 1.29 is 14.9 Å². The largest absolute Gasteiger partial charge is 0.508 e. The Morgan fingerprint density at radius 2 is 1.52 bits per heavy atom. The number of aryl methyl sites for hydroxylation is 1. The number of fused-ring (bicyclic) bond motifs is 2. The van der Waals surface area contributed by atoms with E-state index < -0.39 is 0 Å². The molecule has 27 heavy (non-hydrogen) atoms. The van der Waals surface area contributed by atoms with Crippen LogP contribution in [0.2, 0.25) is 0 Å². The molecule has 0 atom stereocenters. The maximum absolute atomic E-state index is 11.0. The highest BCUT2D eigenvalue weighted by Gasteiger charge is 2.16. The number of phenolic OH excluding ortho intramolecular Hbond substituents is 2. The van der Waals surface area contributed by atoms with Crippen molar-refractivity contribution in [2.75, 3.05) is 7.11 Å². The standard InChI is InChI=1S/C24H22O3/c1-3-15-11-16-7-4-5-9-19(16)23(24(15)26)20-10-6-8-17-12-18(14-27-2)22(25)13-21(17)20/h4-13,25-26H,3,14H2,1-2H3. The van der Waals surface area contributed by atoms with E-state index >= 15 is 0 Å². The predicted octanol–water partition coefficient (Wildman–Crippen LogP) is 5.78. The summed E-state index contributed by atoms with van der Waals surface area (Å²) in [6, 6.07) is 19.8. The minimum absolute atomic E-state index is 0.201. The van der Waals surface area contributed by atoms with Crippen LogP contribution >= 0.6 is 0 Å². The molecule has 0 radical (unpaired) electrons. The predicted molar refractivity (Wildman–Crippen MR) is 110 cm³/mol. The van der Waals surface area contributed by atoms with Crippen molar-refractivity contribution in [2.24, 2.45) is 0 Å². The average molecular weight is 358 g/mol. The zero-order valence-corrected chi connectivity index (χ0v) is 15.5. The summed E-state index contributed by atoms with van der Waals surface area (Å²) in [4.78, 5) is 0. The summed E-state index contributed by atoms with van der Waals surface area (Å²) < 4.78 is 5.18. The van der Waals surface area contributed by atoms with Crippen molar-refractivity contribution in [3.05, 3.63) is 71.8 Å². The minimum atomic E-state index is 0.201. The number of hydrogen-bond acceptors (Lipinski definition) is 3. The number of ether oxygens (including phenoxy) is 1. The van der Waals surface area contributed by atoms with Crippen LogP contribution in [0.5, 0.6) is 11.5 Å². The fourth-order valence-electron chi connectivity index (χ4n) is 3.79. The average Bonchev–Trinajstić information content (AvgIpc) is 2.68. The molecule has 0 aliphatic carbocycles. The van der Waals surface area contributed by atoms with Crippen molar-refractivity contribution in [1.82, 2.24) is 0 Å². The SMILES string of the molecule is CCc1cc2ccccc2c(-c2cccc3cc(COC)c(O)cc23)c1O. The first kappa shape index (κ1) is 17.4. The van der Waals surface area contributed by atoms with Gasteiger partial charge in [-0.2, -0.15) is 0 Å². The van der Waals surface area contributed by atoms with Crippen molar-refractivity contribution in [2.45, 2.75) is 20.0 Å². The summed E-state index contributed by atoms with van der Waals surface area (Å²) in [5, 5.41) is 25.5. The van der Waals surface area contributed by atoms with Crippen molar-refractivity contribution in [3.63, 3.8) is 0 Å². The Labute approximate surface area is 158 Å². The van der Waals surface area contributed by atoms with Gasteiger partial charge in [0.2, 0.25) is 0 Å². The highest BCUT2D eigenvalue weighted by Crippen LogP contribution is 2.43. The summed E-state index contributed by atoms with van der Waals surface area (Å²) in [5.41, 5.74) is 3.39. The Balaban J connectivity index is 2.08. The summed E-state index contributed by atoms with van der Waals surface area (Å²) >= 11 is 0. The van der Waals surface area contributed by atoms with Crippen LogP contribution in [-0.2, 0) is 17.8 Å². The molecule has 0 aliphatic rings. The number of phenols is 2. The molecule has 0 aromatic heterocycles. The Bertz CT molecular complexity index is 1150. The van der Waals surface area contributed by atoms with Crippen LogP contribution in [0.4, 0.5) is 0 Å². The van der Waals surface area contributed by atoms with Crippen molar-refractivity contribution in [1.29, 1.82) is 0 Å². The molecule has 0 saturated carbocycles. The number of aromatic hydroxyl groups is 2. The lowest BCUT2D eigenvalue weighted by Crippen LogP contribution is -1.92. The molecule has 0 saturated heterocycles. The molecule has 136 valence electrons. The summed E-state index contributed by atoms with van der Waals surface area (Å²) in [5.74, 6) is 0.511. The van der Waals surface area contributed by atoms with Gasteiger partial charge in [0.25, 0.3) is 0 Å². The molecular weight excluding hydrogens is 336 g/mol. The molecule has 0 heterocycles. The molecule has 3 heteroatoms. The third kappa shape index (κ3) is 2.90. The van der Waals surface area contributed by atoms with Gasteiger partial charge < -0.3 is 14.9 Å². The Hall–Kier alpha value is -3.04. The van der Waals surface area contributed by atoms with Gasteiger partial charge in [-0.3, -0.25) is 0 Å². The summed E-state index contributed by atoms with van der Waals surface area (Å²) in [6.07, 6.45) is 0.748. The Kier molecular flexibility index (Phi) is 4.46. The quantitative estimate of drug-likeness (QED) is 0.486. The molecule has 4 aromatic carbocycles. The molecule has 4 rings (SSSR count). The van der Waals surface area contributed by atoms with Crippen LogP contribution in [0.1, 0.15) is 18.1 Å². The first-order chi connectivity index (χ1) is 13.1. The zero-order valence-electron chi connectivity index (χ0n) is 15.5. The van der Waals surface area contributed by atoms with Gasteiger partial charge in [-0.05, 0) is 57.3 Å². The van der Waals surface area contributed by atoms with Gasteiger partial charge in [0, 0.05) is 18.2 Å². The van der Waals surface area contributed by atoms with Gasteiger partial charge in [0.1, 0.15) is 11.5 Å². The van der Waals surface area contributed by atoms with Crippen molar-refractivity contribution in [3.8, 4) is 22.6 Å². The fourth-order valence-corrected chi connectivity index (χ4v) is 3.79. The second-order valence-electron chi connectivity index (χ2n) is 6.77. The van der Waals surface area contributed by atoms with Crippen LogP contribution in [0.15, 0.2) is 60.7 Å². The van der Waals surface area contributed by atoms with Gasteiger partial charge >= 0.3 is 0 Å². The highest BCUT2D eigenvalue weighted by molar-refractivity contribution is 6.08. The third-order valence-electron chi connectivity index (χ3n) is 5.13. The highest BCUT2D eigenvalue weighted by atomic mass is 16.5. The number of hydrogen-bond donors (Lipinski definition) is 2. The Morgan fingerprint density at radius 1 is 0.815 bits per heavy atom. The van der Waals surface area contributed by atoms with E-state index in [-0.39, 0.29) is 5.75 Å². The number of rotatable bonds is 4. The van der Waals surface area contributed by atoms with Crippen LogP contribution < -0.4 is 0 Å². The van der Waals surface area contributed by atoms with E-state index in [9.17, 15) is 10.2 Å². The molecule has 3 nitrogen and oxygen atoms in total. The molecule has 0 unspecified atom stereocenters. The zero-order chi connectivity index (χ0) is 19.0. The molecule has 0 fully saturated rings. The first-order valence-electron chi connectivity index (χ1n) is 9.11. The lowest BCUT2D eigenvalue weighted by atomic mass is 9.90. The monoisotopic (exact) mass is 358 g/mol. The van der Waals surface area contributed by atoms with E-state index in [0.29, 0.717) is 12.4 Å². The number of benzene rings is 4. The van der Waals surface area contributed by atoms with Crippen molar-refractivity contribution >= 4 is 21.5 Å². The lowest BCUT2D eigenvalue weighted by molar-refractivity contribution is 0.182. The van der Waals surface area contributed by atoms with Gasteiger partial charge in [-0.15, -0.1) is 0 Å². The second-order valence-corrected chi connectivity index (χ2v) is 6.77. The maximum atomic E-state index is 11.0. The normalized spacial score (nSPS) is 11.3. The fraction of sp³-hybridized carbons (Fsp3) is 0.167. The van der Waals surface area contributed by atoms with Gasteiger partial charge in [-0.25, -0.2) is 0 Å². The van der Waals surface area contributed by atoms with Gasteiger partial charge in [0.15, 0.2) is 0 Å². The molecule has 0 aliphatic heterocycles. The van der Waals surface area contributed by atoms with E-state index in [4.69, 9.17) is 4.74 Å². The van der Waals surface area contributed by atoms with Gasteiger partial charge in [-0.1, -0.05) is 49.4 Å². The summed E-state index contributed by atoms with van der Waals surface area (Å²) in [6.45, 7) is 2.39.